The molecule has 0 saturated carbocycles. The monoisotopic (exact) mass is 474 g/mol. The van der Waals surface area contributed by atoms with E-state index in [1.165, 1.54) is 16.4 Å². The van der Waals surface area contributed by atoms with E-state index >= 15 is 0 Å². The van der Waals surface area contributed by atoms with Crippen LogP contribution in [-0.4, -0.2) is 56.3 Å². The smallest absolute Gasteiger partial charge is 0.243 e. The van der Waals surface area contributed by atoms with Crippen molar-refractivity contribution in [3.8, 4) is 5.75 Å². The highest BCUT2D eigenvalue weighted by atomic mass is 32.2. The molecule has 4 rings (SSSR count). The molecular weight excluding hydrogens is 443 g/mol. The Kier molecular flexibility index (Phi) is 7.34. The number of carbonyl (C=O) groups is 1. The second-order valence-corrected chi connectivity index (χ2v) is 11.1. The van der Waals surface area contributed by atoms with Crippen molar-refractivity contribution in [2.75, 3.05) is 32.8 Å². The molecule has 0 aromatic heterocycles. The van der Waals surface area contributed by atoms with Gasteiger partial charge in [-0.05, 0) is 68.5 Å². The molecule has 178 valence electrons. The molecule has 1 atom stereocenters. The molecule has 0 bridgehead atoms. The van der Waals surface area contributed by atoms with Gasteiger partial charge in [0.15, 0.2) is 0 Å². The van der Waals surface area contributed by atoms with Gasteiger partial charge in [0.1, 0.15) is 11.6 Å². The van der Waals surface area contributed by atoms with Gasteiger partial charge in [-0.25, -0.2) is 12.8 Å². The first-order valence-electron chi connectivity index (χ1n) is 11.6. The lowest BCUT2D eigenvalue weighted by Gasteiger charge is -2.42. The van der Waals surface area contributed by atoms with Gasteiger partial charge in [0.2, 0.25) is 15.9 Å². The minimum Gasteiger partial charge on any atom is -0.493 e. The quantitative estimate of drug-likeness (QED) is 0.607. The summed E-state index contributed by atoms with van der Waals surface area (Å²) >= 11 is 0. The highest BCUT2D eigenvalue weighted by Crippen LogP contribution is 2.37. The van der Waals surface area contributed by atoms with E-state index in [1.54, 1.807) is 0 Å². The number of para-hydroxylation sites is 1. The third kappa shape index (κ3) is 5.73. The molecule has 8 heteroatoms. The Labute approximate surface area is 195 Å². The van der Waals surface area contributed by atoms with E-state index in [0.29, 0.717) is 25.1 Å². The van der Waals surface area contributed by atoms with E-state index in [2.05, 4.69) is 0 Å². The third-order valence-electron chi connectivity index (χ3n) is 6.60. The van der Waals surface area contributed by atoms with Crippen LogP contribution in [0.15, 0.2) is 59.5 Å². The van der Waals surface area contributed by atoms with Gasteiger partial charge in [0, 0.05) is 38.0 Å². The molecule has 0 spiro atoms. The van der Waals surface area contributed by atoms with Crippen molar-refractivity contribution in [2.24, 2.45) is 5.41 Å². The lowest BCUT2D eigenvalue weighted by atomic mass is 9.78. The summed E-state index contributed by atoms with van der Waals surface area (Å²) in [7, 11) is -3.81. The average molecular weight is 475 g/mol. The van der Waals surface area contributed by atoms with E-state index in [0.717, 1.165) is 44.5 Å². The van der Waals surface area contributed by atoms with Gasteiger partial charge >= 0.3 is 0 Å². The van der Waals surface area contributed by atoms with Crippen LogP contribution in [-0.2, 0) is 14.8 Å². The van der Waals surface area contributed by atoms with Gasteiger partial charge in [-0.1, -0.05) is 18.2 Å². The molecule has 2 aromatic carbocycles. The Hall–Kier alpha value is -2.45. The Bertz CT molecular complexity index is 1040. The minimum absolute atomic E-state index is 0.0611. The summed E-state index contributed by atoms with van der Waals surface area (Å²) in [6.07, 6.45) is 4.72. The van der Waals surface area contributed by atoms with Crippen molar-refractivity contribution < 1.29 is 22.3 Å². The SMILES string of the molecule is O=C(C[C@@]1(COc2ccccc2)CCCN(S(=O)(=O)c2ccc(F)cc2)C1)N1CCCCC1. The van der Waals surface area contributed by atoms with Crippen LogP contribution in [0.25, 0.3) is 0 Å². The number of nitrogens with zero attached hydrogens (tertiary/aromatic N) is 2. The molecule has 2 aromatic rings. The number of piperidine rings is 2. The molecule has 6 nitrogen and oxygen atoms in total. The molecule has 2 fully saturated rings. The van der Waals surface area contributed by atoms with Crippen LogP contribution in [0, 0.1) is 11.2 Å². The maximum absolute atomic E-state index is 13.4. The van der Waals surface area contributed by atoms with Crippen molar-refractivity contribution in [1.82, 2.24) is 9.21 Å². The molecular formula is C25H31FN2O4S. The molecule has 1 amide bonds. The van der Waals surface area contributed by atoms with E-state index < -0.39 is 21.3 Å². The molecule has 2 aliphatic heterocycles. The predicted molar refractivity (Wildman–Crippen MR) is 124 cm³/mol. The van der Waals surface area contributed by atoms with Crippen LogP contribution < -0.4 is 4.74 Å². The number of carbonyl (C=O) groups excluding carboxylic acids is 1. The lowest BCUT2D eigenvalue weighted by molar-refractivity contribution is -0.136. The highest BCUT2D eigenvalue weighted by molar-refractivity contribution is 7.89. The number of sulfonamides is 1. The first kappa shape index (κ1) is 23.7. The Morgan fingerprint density at radius 3 is 2.33 bits per heavy atom. The third-order valence-corrected chi connectivity index (χ3v) is 8.46. The zero-order valence-electron chi connectivity index (χ0n) is 18.8. The fourth-order valence-electron chi connectivity index (χ4n) is 4.77. The molecule has 0 unspecified atom stereocenters. The van der Waals surface area contributed by atoms with Crippen LogP contribution in [0.2, 0.25) is 0 Å². The summed E-state index contributed by atoms with van der Waals surface area (Å²) in [6.45, 7) is 2.33. The Morgan fingerprint density at radius 2 is 1.64 bits per heavy atom. The number of hydrogen-bond donors (Lipinski definition) is 0. The van der Waals surface area contributed by atoms with Gasteiger partial charge in [-0.15, -0.1) is 0 Å². The van der Waals surface area contributed by atoms with Crippen LogP contribution >= 0.6 is 0 Å². The van der Waals surface area contributed by atoms with E-state index in [1.807, 2.05) is 35.2 Å². The fourth-order valence-corrected chi connectivity index (χ4v) is 6.36. The number of hydrogen-bond acceptors (Lipinski definition) is 4. The molecule has 2 aliphatic rings. The average Bonchev–Trinajstić information content (AvgIpc) is 2.84. The van der Waals surface area contributed by atoms with Crippen LogP contribution in [0.5, 0.6) is 5.75 Å². The highest BCUT2D eigenvalue weighted by Gasteiger charge is 2.43. The zero-order valence-corrected chi connectivity index (χ0v) is 19.6. The Morgan fingerprint density at radius 1 is 0.939 bits per heavy atom. The molecule has 0 N–H and O–H groups in total. The summed E-state index contributed by atoms with van der Waals surface area (Å²) in [6, 6.07) is 14.3. The predicted octanol–water partition coefficient (Wildman–Crippen LogP) is 4.08. The molecule has 33 heavy (non-hydrogen) atoms. The van der Waals surface area contributed by atoms with Crippen LogP contribution in [0.1, 0.15) is 38.5 Å². The lowest BCUT2D eigenvalue weighted by Crippen LogP contribution is -2.51. The van der Waals surface area contributed by atoms with E-state index in [-0.39, 0.29) is 30.4 Å². The number of ether oxygens (including phenoxy) is 1. The van der Waals surface area contributed by atoms with E-state index in [9.17, 15) is 17.6 Å². The summed E-state index contributed by atoms with van der Waals surface area (Å²) < 4.78 is 47.5. The number of benzene rings is 2. The van der Waals surface area contributed by atoms with Gasteiger partial charge < -0.3 is 9.64 Å². The molecule has 2 heterocycles. The van der Waals surface area contributed by atoms with Gasteiger partial charge in [0.05, 0.1) is 11.5 Å². The maximum Gasteiger partial charge on any atom is 0.243 e. The zero-order chi connectivity index (χ0) is 23.3. The molecule has 0 radical (unpaired) electrons. The summed E-state index contributed by atoms with van der Waals surface area (Å²) in [5.74, 6) is 0.276. The van der Waals surface area contributed by atoms with Crippen molar-refractivity contribution in [2.45, 2.75) is 43.4 Å². The number of rotatable bonds is 7. The van der Waals surface area contributed by atoms with Crippen LogP contribution in [0.4, 0.5) is 4.39 Å². The van der Waals surface area contributed by atoms with Crippen molar-refractivity contribution in [1.29, 1.82) is 0 Å². The second kappa shape index (κ2) is 10.2. The largest absolute Gasteiger partial charge is 0.493 e. The van der Waals surface area contributed by atoms with E-state index in [4.69, 9.17) is 4.74 Å². The van der Waals surface area contributed by atoms with Gasteiger partial charge in [-0.2, -0.15) is 4.31 Å². The van der Waals surface area contributed by atoms with Gasteiger partial charge in [-0.3, -0.25) is 4.79 Å². The maximum atomic E-state index is 13.4. The second-order valence-electron chi connectivity index (χ2n) is 9.12. The van der Waals surface area contributed by atoms with Crippen molar-refractivity contribution in [3.05, 3.63) is 60.4 Å². The number of likely N-dealkylation sites (tertiary alicyclic amines) is 1. The summed E-state index contributed by atoms with van der Waals surface area (Å²) in [5.41, 5.74) is -0.629. The summed E-state index contributed by atoms with van der Waals surface area (Å²) in [5, 5.41) is 0. The standard InChI is InChI=1S/C25H31FN2O4S/c26-21-10-12-23(13-11-21)33(30,31)28-17-7-14-25(19-28,20-32-22-8-3-1-4-9-22)18-24(29)27-15-5-2-6-16-27/h1,3-4,8-13H,2,5-7,14-20H2/t25-/m0/s1. The fraction of sp³-hybridized carbons (Fsp3) is 0.480. The Balaban J connectivity index is 1.57. The summed E-state index contributed by atoms with van der Waals surface area (Å²) in [4.78, 5) is 15.2. The molecule has 0 aliphatic carbocycles. The van der Waals surface area contributed by atoms with Crippen LogP contribution in [0.3, 0.4) is 0 Å². The molecule has 2 saturated heterocycles. The normalized spacial score (nSPS) is 22.2. The number of halogens is 1. The first-order chi connectivity index (χ1) is 15.9. The number of amides is 1. The first-order valence-corrected chi connectivity index (χ1v) is 13.0. The van der Waals surface area contributed by atoms with Crippen molar-refractivity contribution >= 4 is 15.9 Å². The van der Waals surface area contributed by atoms with Crippen molar-refractivity contribution in [3.63, 3.8) is 0 Å². The van der Waals surface area contributed by atoms with Gasteiger partial charge in [0.25, 0.3) is 0 Å². The minimum atomic E-state index is -3.81. The topological polar surface area (TPSA) is 66.9 Å².